The molecule has 0 N–H and O–H groups in total. The van der Waals surface area contributed by atoms with Crippen LogP contribution in [0.5, 0.6) is 0 Å². The summed E-state index contributed by atoms with van der Waals surface area (Å²) in [6, 6.07) is 0. The third kappa shape index (κ3) is 31.8. The van der Waals surface area contributed by atoms with Gasteiger partial charge in [-0.15, -0.1) is 0 Å². The predicted molar refractivity (Wildman–Crippen MR) is 151 cm³/mol. The molecule has 214 valence electrons. The van der Waals surface area contributed by atoms with Gasteiger partial charge in [0.05, 0.1) is 34.3 Å². The Bertz CT molecular complexity index is 523. The van der Waals surface area contributed by atoms with Gasteiger partial charge >= 0.3 is 0 Å². The van der Waals surface area contributed by atoms with Crippen molar-refractivity contribution in [3.05, 3.63) is 0 Å². The Morgan fingerprint density at radius 1 is 0.657 bits per heavy atom. The first kappa shape index (κ1) is 37.0. The zero-order valence-corrected chi connectivity index (χ0v) is 25.4. The molecule has 0 fully saturated rings. The number of nitrogens with zero attached hydrogens (tertiary/aromatic N) is 1. The molecule has 0 rings (SSSR count). The van der Waals surface area contributed by atoms with Crippen molar-refractivity contribution in [3.8, 4) is 0 Å². The quantitative estimate of drug-likeness (QED) is 0.0551. The lowest BCUT2D eigenvalue weighted by Gasteiger charge is -2.33. The first-order chi connectivity index (χ1) is 16.6. The van der Waals surface area contributed by atoms with Crippen LogP contribution < -0.4 is 0 Å². The minimum Gasteiger partial charge on any atom is -0.726 e. The standard InChI is InChI=1S/C28H60N.CH4O4S/c1-6-9-11-12-13-14-15-16-17-18-19-20-21-22-23-24-26-29(4,5)27-28(8-3)25-10-7-2;1-5-6(2,3)4/h28H,6-27H2,1-5H3;1H3,(H,2,3,4)/q+1;/p-1. The number of quaternary nitrogens is 1. The molecule has 0 aliphatic heterocycles. The van der Waals surface area contributed by atoms with Crippen molar-refractivity contribution < 1.29 is 21.6 Å². The van der Waals surface area contributed by atoms with Gasteiger partial charge in [-0.05, 0) is 25.7 Å². The summed E-state index contributed by atoms with van der Waals surface area (Å²) in [6.45, 7) is 9.77. The lowest BCUT2D eigenvalue weighted by atomic mass is 9.98. The highest BCUT2D eigenvalue weighted by molar-refractivity contribution is 7.80. The molecule has 0 saturated heterocycles. The third-order valence-electron chi connectivity index (χ3n) is 7.12. The van der Waals surface area contributed by atoms with Gasteiger partial charge in [0, 0.05) is 5.92 Å². The summed E-state index contributed by atoms with van der Waals surface area (Å²) in [5.41, 5.74) is 0. The first-order valence-electron chi connectivity index (χ1n) is 14.9. The van der Waals surface area contributed by atoms with Crippen molar-refractivity contribution in [3.63, 3.8) is 0 Å². The van der Waals surface area contributed by atoms with E-state index in [9.17, 15) is 13.0 Å². The van der Waals surface area contributed by atoms with E-state index in [-0.39, 0.29) is 0 Å². The van der Waals surface area contributed by atoms with Crippen LogP contribution in [0.3, 0.4) is 0 Å². The van der Waals surface area contributed by atoms with Crippen LogP contribution in [0.15, 0.2) is 0 Å². The van der Waals surface area contributed by atoms with Gasteiger partial charge in [-0.25, -0.2) is 8.42 Å². The Morgan fingerprint density at radius 3 is 1.31 bits per heavy atom. The van der Waals surface area contributed by atoms with E-state index in [0.29, 0.717) is 0 Å². The molecular formula is C29H63NO4S. The Kier molecular flexibility index (Phi) is 26.9. The molecule has 0 saturated carbocycles. The number of hydrogen-bond acceptors (Lipinski definition) is 4. The zero-order chi connectivity index (χ0) is 26.8. The van der Waals surface area contributed by atoms with E-state index in [1.165, 1.54) is 146 Å². The second kappa shape index (κ2) is 25.5. The Balaban J connectivity index is 0. The highest BCUT2D eigenvalue weighted by Crippen LogP contribution is 2.18. The van der Waals surface area contributed by atoms with Crippen LogP contribution in [0.25, 0.3) is 0 Å². The largest absolute Gasteiger partial charge is 0.726 e. The number of rotatable bonds is 24. The molecule has 6 heteroatoms. The molecular weight excluding hydrogens is 458 g/mol. The summed E-state index contributed by atoms with van der Waals surface area (Å²) in [7, 11) is 1.31. The summed E-state index contributed by atoms with van der Waals surface area (Å²) in [5.74, 6) is 0.936. The van der Waals surface area contributed by atoms with Crippen molar-refractivity contribution in [1.29, 1.82) is 0 Å². The fraction of sp³-hybridized carbons (Fsp3) is 1.00. The fourth-order valence-corrected chi connectivity index (χ4v) is 4.80. The normalized spacial score (nSPS) is 12.9. The van der Waals surface area contributed by atoms with Crippen molar-refractivity contribution >= 4 is 10.4 Å². The van der Waals surface area contributed by atoms with E-state index in [1.807, 2.05) is 0 Å². The van der Waals surface area contributed by atoms with Gasteiger partial charge in [0.25, 0.3) is 0 Å². The van der Waals surface area contributed by atoms with Gasteiger partial charge in [-0.1, -0.05) is 124 Å². The topological polar surface area (TPSA) is 66.4 Å². The molecule has 0 aliphatic rings. The molecule has 0 aromatic heterocycles. The lowest BCUT2D eigenvalue weighted by Crippen LogP contribution is -2.44. The molecule has 0 bridgehead atoms. The molecule has 35 heavy (non-hydrogen) atoms. The Hall–Kier alpha value is -0.170. The van der Waals surface area contributed by atoms with Gasteiger partial charge < -0.3 is 9.04 Å². The average Bonchev–Trinajstić information content (AvgIpc) is 2.81. The monoisotopic (exact) mass is 521 g/mol. The molecule has 0 amide bonds. The van der Waals surface area contributed by atoms with Crippen LogP contribution in [0, 0.1) is 5.92 Å². The summed E-state index contributed by atoms with van der Waals surface area (Å²) in [6.07, 6.45) is 29.0. The van der Waals surface area contributed by atoms with Gasteiger partial charge in [-0.3, -0.25) is 4.18 Å². The SMILES string of the molecule is CCCCCCCCCCCCCCCCCC[N+](C)(C)CC(CC)CCCC.COS(=O)(=O)[O-]. The van der Waals surface area contributed by atoms with Crippen molar-refractivity contribution in [1.82, 2.24) is 0 Å². The Morgan fingerprint density at radius 2 is 1.00 bits per heavy atom. The molecule has 0 spiro atoms. The maximum atomic E-state index is 9.22. The molecule has 0 radical (unpaired) electrons. The molecule has 0 aromatic carbocycles. The smallest absolute Gasteiger partial charge is 0.217 e. The summed E-state index contributed by atoms with van der Waals surface area (Å²) < 4.78 is 32.3. The van der Waals surface area contributed by atoms with E-state index in [4.69, 9.17) is 0 Å². The van der Waals surface area contributed by atoms with E-state index < -0.39 is 10.4 Å². The van der Waals surface area contributed by atoms with Crippen LogP contribution in [0.4, 0.5) is 0 Å². The summed E-state index contributed by atoms with van der Waals surface area (Å²) >= 11 is 0. The van der Waals surface area contributed by atoms with Crippen LogP contribution in [0.1, 0.15) is 149 Å². The van der Waals surface area contributed by atoms with Crippen LogP contribution >= 0.6 is 0 Å². The highest BCUT2D eigenvalue weighted by atomic mass is 32.3. The molecule has 0 aliphatic carbocycles. The van der Waals surface area contributed by atoms with E-state index in [0.717, 1.165) is 13.0 Å². The third-order valence-corrected chi connectivity index (χ3v) is 7.53. The van der Waals surface area contributed by atoms with Gasteiger partial charge in [0.2, 0.25) is 10.4 Å². The molecule has 1 unspecified atom stereocenters. The number of hydrogen-bond donors (Lipinski definition) is 0. The lowest BCUT2D eigenvalue weighted by molar-refractivity contribution is -0.894. The van der Waals surface area contributed by atoms with Crippen LogP contribution in [0.2, 0.25) is 0 Å². The minimum absolute atomic E-state index is 0.808. The van der Waals surface area contributed by atoms with Crippen LogP contribution in [-0.4, -0.2) is 51.7 Å². The van der Waals surface area contributed by atoms with Gasteiger partial charge in [-0.2, -0.15) is 0 Å². The highest BCUT2D eigenvalue weighted by Gasteiger charge is 2.20. The Labute approximate surface area is 221 Å². The maximum Gasteiger partial charge on any atom is 0.217 e. The summed E-state index contributed by atoms with van der Waals surface area (Å²) in [5, 5.41) is 0. The van der Waals surface area contributed by atoms with Gasteiger partial charge in [0.1, 0.15) is 0 Å². The molecule has 1 atom stereocenters. The van der Waals surface area contributed by atoms with Gasteiger partial charge in [0.15, 0.2) is 0 Å². The van der Waals surface area contributed by atoms with E-state index in [1.54, 1.807) is 0 Å². The average molecular weight is 522 g/mol. The first-order valence-corrected chi connectivity index (χ1v) is 16.3. The van der Waals surface area contributed by atoms with Crippen molar-refractivity contribution in [2.45, 2.75) is 149 Å². The van der Waals surface area contributed by atoms with Crippen molar-refractivity contribution in [2.24, 2.45) is 5.92 Å². The van der Waals surface area contributed by atoms with Crippen LogP contribution in [-0.2, 0) is 14.6 Å². The van der Waals surface area contributed by atoms with E-state index >= 15 is 0 Å². The fourth-order valence-electron chi connectivity index (χ4n) is 4.80. The van der Waals surface area contributed by atoms with Crippen molar-refractivity contribution in [2.75, 3.05) is 34.3 Å². The number of unbranched alkanes of at least 4 members (excludes halogenated alkanes) is 16. The second-order valence-corrected chi connectivity index (χ2v) is 12.3. The minimum atomic E-state index is -4.41. The van der Waals surface area contributed by atoms with E-state index in [2.05, 4.69) is 39.0 Å². The maximum absolute atomic E-state index is 9.22. The zero-order valence-electron chi connectivity index (χ0n) is 24.6. The molecule has 0 heterocycles. The predicted octanol–water partition coefficient (Wildman–Crippen LogP) is 8.63. The molecule has 0 aromatic rings. The summed E-state index contributed by atoms with van der Waals surface area (Å²) in [4.78, 5) is 0. The molecule has 5 nitrogen and oxygen atoms in total. The second-order valence-electron chi connectivity index (χ2n) is 11.1.